The van der Waals surface area contributed by atoms with Gasteiger partial charge in [0.15, 0.2) is 5.76 Å². The zero-order valence-electron chi connectivity index (χ0n) is 21.1. The predicted molar refractivity (Wildman–Crippen MR) is 148 cm³/mol. The smallest absolute Gasteiger partial charge is 0.291 e. The van der Waals surface area contributed by atoms with E-state index in [9.17, 15) is 4.79 Å². The van der Waals surface area contributed by atoms with Gasteiger partial charge in [-0.2, -0.15) is 0 Å². The Hall–Kier alpha value is -2.85. The van der Waals surface area contributed by atoms with Crippen molar-refractivity contribution in [2.24, 2.45) is 0 Å². The molecule has 0 fully saturated rings. The number of furan rings is 1. The van der Waals surface area contributed by atoms with Crippen LogP contribution in [0.2, 0.25) is 0 Å². The molecule has 35 heavy (non-hydrogen) atoms. The van der Waals surface area contributed by atoms with Crippen LogP contribution < -0.4 is 5.32 Å². The lowest BCUT2D eigenvalue weighted by molar-refractivity contribution is 0.0995. The Bertz CT molecular complexity index is 1440. The fraction of sp³-hybridized carbons (Fsp3) is 0.323. The van der Waals surface area contributed by atoms with Gasteiger partial charge in [0, 0.05) is 22.0 Å². The van der Waals surface area contributed by atoms with Gasteiger partial charge in [-0.05, 0) is 82.5 Å². The molecule has 0 unspecified atom stereocenters. The second-order valence-corrected chi connectivity index (χ2v) is 12.0. The molecule has 1 aliphatic carbocycles. The summed E-state index contributed by atoms with van der Waals surface area (Å²) < 4.78 is 7.03. The summed E-state index contributed by atoms with van der Waals surface area (Å²) in [6.07, 6.45) is 3.06. The number of fused-ring (bicyclic) bond motifs is 2. The number of aryl methyl sites for hydroxylation is 1. The average molecular weight is 531 g/mol. The molecular weight excluding hydrogens is 498 g/mol. The lowest BCUT2D eigenvalue weighted by Crippen LogP contribution is -2.34. The Morgan fingerprint density at radius 3 is 2.29 bits per heavy atom. The molecule has 180 valence electrons. The molecule has 0 radical (unpaired) electrons. The fourth-order valence-corrected chi connectivity index (χ4v) is 5.77. The number of rotatable bonds is 4. The Balaban J connectivity index is 1.39. The maximum Gasteiger partial charge on any atom is 0.291 e. The predicted octanol–water partition coefficient (Wildman–Crippen LogP) is 8.70. The topological polar surface area (TPSA) is 42.2 Å². The highest BCUT2D eigenvalue weighted by Gasteiger charge is 2.37. The van der Waals surface area contributed by atoms with Crippen molar-refractivity contribution in [3.05, 3.63) is 98.9 Å². The van der Waals surface area contributed by atoms with Gasteiger partial charge in [-0.1, -0.05) is 80.0 Å². The normalized spacial score (nSPS) is 16.2. The standard InChI is InChI=1S/C31H32BrNO2/c1-19-16-24-25(31(4,5)15-14-30(24,2)3)18-20(19)17-21-10-13-28(35-21)29(34)33-27-12-11-26(32)22-8-6-7-9-23(22)27/h6-13,16,18H,14-15,17H2,1-5H3,(H,33,34). The maximum atomic E-state index is 13.0. The minimum Gasteiger partial charge on any atom is -0.456 e. The second-order valence-electron chi connectivity index (χ2n) is 11.1. The maximum absolute atomic E-state index is 13.0. The van der Waals surface area contributed by atoms with Gasteiger partial charge in [0.2, 0.25) is 0 Å². The van der Waals surface area contributed by atoms with Crippen LogP contribution in [0.5, 0.6) is 0 Å². The van der Waals surface area contributed by atoms with Crippen LogP contribution in [0.3, 0.4) is 0 Å². The fourth-order valence-electron chi connectivity index (χ4n) is 5.30. The van der Waals surface area contributed by atoms with Gasteiger partial charge in [0.05, 0.1) is 0 Å². The number of amides is 1. The van der Waals surface area contributed by atoms with E-state index in [4.69, 9.17) is 4.42 Å². The number of carbonyl (C=O) groups excluding carboxylic acids is 1. The largest absolute Gasteiger partial charge is 0.456 e. The molecule has 3 aromatic carbocycles. The highest BCUT2D eigenvalue weighted by molar-refractivity contribution is 9.10. The molecule has 0 saturated carbocycles. The summed E-state index contributed by atoms with van der Waals surface area (Å²) >= 11 is 3.59. The van der Waals surface area contributed by atoms with Crippen LogP contribution in [-0.4, -0.2) is 5.91 Å². The molecule has 1 amide bonds. The summed E-state index contributed by atoms with van der Waals surface area (Å²) in [5, 5.41) is 5.06. The molecule has 4 aromatic rings. The van der Waals surface area contributed by atoms with Gasteiger partial charge >= 0.3 is 0 Å². The quantitative estimate of drug-likeness (QED) is 0.287. The number of nitrogens with one attached hydrogen (secondary N) is 1. The first-order chi connectivity index (χ1) is 16.5. The van der Waals surface area contributed by atoms with Crippen LogP contribution in [0.4, 0.5) is 5.69 Å². The minimum atomic E-state index is -0.242. The molecule has 4 heteroatoms. The van der Waals surface area contributed by atoms with Crippen LogP contribution >= 0.6 is 15.9 Å². The number of halogens is 1. The molecule has 0 bridgehead atoms. The summed E-state index contributed by atoms with van der Waals surface area (Å²) in [6.45, 7) is 11.6. The Morgan fingerprint density at radius 1 is 0.914 bits per heavy atom. The molecule has 0 aliphatic heterocycles. The van der Waals surface area contributed by atoms with E-state index in [1.165, 1.54) is 35.1 Å². The third kappa shape index (κ3) is 4.45. The summed E-state index contributed by atoms with van der Waals surface area (Å²) in [7, 11) is 0. The van der Waals surface area contributed by atoms with Crippen molar-refractivity contribution < 1.29 is 9.21 Å². The van der Waals surface area contributed by atoms with Crippen LogP contribution in [0.25, 0.3) is 10.8 Å². The average Bonchev–Trinajstić information content (AvgIpc) is 3.29. The molecule has 5 rings (SSSR count). The first-order valence-corrected chi connectivity index (χ1v) is 13.1. The van der Waals surface area contributed by atoms with Gasteiger partial charge < -0.3 is 9.73 Å². The summed E-state index contributed by atoms with van der Waals surface area (Å²) in [5.41, 5.74) is 6.57. The van der Waals surface area contributed by atoms with Gasteiger partial charge in [-0.3, -0.25) is 4.79 Å². The van der Waals surface area contributed by atoms with Crippen molar-refractivity contribution in [3.8, 4) is 0 Å². The molecule has 0 atom stereocenters. The van der Waals surface area contributed by atoms with Crippen molar-refractivity contribution in [1.82, 2.24) is 0 Å². The van der Waals surface area contributed by atoms with Gasteiger partial charge in [0.1, 0.15) is 5.76 Å². The van der Waals surface area contributed by atoms with E-state index in [0.717, 1.165) is 26.7 Å². The van der Waals surface area contributed by atoms with Crippen molar-refractivity contribution in [1.29, 1.82) is 0 Å². The first kappa shape index (κ1) is 23.9. The minimum absolute atomic E-state index is 0.162. The molecule has 0 spiro atoms. The van der Waals surface area contributed by atoms with Crippen LogP contribution in [0, 0.1) is 6.92 Å². The zero-order valence-corrected chi connectivity index (χ0v) is 22.7. The molecule has 0 saturated heterocycles. The lowest BCUT2D eigenvalue weighted by Gasteiger charge is -2.42. The summed E-state index contributed by atoms with van der Waals surface area (Å²) in [4.78, 5) is 13.0. The van der Waals surface area contributed by atoms with E-state index < -0.39 is 0 Å². The second kappa shape index (κ2) is 8.67. The highest BCUT2D eigenvalue weighted by atomic mass is 79.9. The number of carbonyl (C=O) groups is 1. The van der Waals surface area contributed by atoms with Crippen molar-refractivity contribution in [2.45, 2.75) is 64.7 Å². The monoisotopic (exact) mass is 529 g/mol. The lowest BCUT2D eigenvalue weighted by atomic mass is 9.62. The van der Waals surface area contributed by atoms with E-state index >= 15 is 0 Å². The van der Waals surface area contributed by atoms with Crippen molar-refractivity contribution in [2.75, 3.05) is 5.32 Å². The van der Waals surface area contributed by atoms with E-state index in [1.807, 2.05) is 42.5 Å². The molecular formula is C31H32BrNO2. The molecule has 1 N–H and O–H groups in total. The Kier molecular flexibility index (Phi) is 5.91. The van der Waals surface area contributed by atoms with E-state index in [-0.39, 0.29) is 16.7 Å². The Labute approximate surface area is 216 Å². The highest BCUT2D eigenvalue weighted by Crippen LogP contribution is 2.46. The SMILES string of the molecule is Cc1cc2c(cc1Cc1ccc(C(=O)Nc3ccc(Br)c4ccccc34)o1)C(C)(C)CCC2(C)C. The molecule has 1 aliphatic rings. The number of benzene rings is 3. The molecule has 1 heterocycles. The van der Waals surface area contributed by atoms with Gasteiger partial charge in [-0.15, -0.1) is 0 Å². The summed E-state index contributed by atoms with van der Waals surface area (Å²) in [5.74, 6) is 0.879. The molecule has 1 aromatic heterocycles. The number of anilines is 1. The third-order valence-electron chi connectivity index (χ3n) is 7.68. The van der Waals surface area contributed by atoms with Crippen molar-refractivity contribution in [3.63, 3.8) is 0 Å². The Morgan fingerprint density at radius 2 is 1.57 bits per heavy atom. The van der Waals surface area contributed by atoms with Crippen molar-refractivity contribution >= 4 is 38.3 Å². The van der Waals surface area contributed by atoms with Gasteiger partial charge in [0.25, 0.3) is 5.91 Å². The van der Waals surface area contributed by atoms with Gasteiger partial charge in [-0.25, -0.2) is 0 Å². The summed E-state index contributed by atoms with van der Waals surface area (Å²) in [6, 6.07) is 20.3. The molecule has 3 nitrogen and oxygen atoms in total. The number of hydrogen-bond acceptors (Lipinski definition) is 2. The third-order valence-corrected chi connectivity index (χ3v) is 8.37. The van der Waals surface area contributed by atoms with E-state index in [2.05, 4.69) is 68.0 Å². The number of hydrogen-bond donors (Lipinski definition) is 1. The van der Waals surface area contributed by atoms with E-state index in [1.54, 1.807) is 6.07 Å². The zero-order chi connectivity index (χ0) is 25.0. The van der Waals surface area contributed by atoms with E-state index in [0.29, 0.717) is 12.2 Å². The first-order valence-electron chi connectivity index (χ1n) is 12.3. The van der Waals surface area contributed by atoms with Crippen LogP contribution in [0.1, 0.15) is 79.1 Å². The van der Waals surface area contributed by atoms with Crippen LogP contribution in [0.15, 0.2) is 69.6 Å². The van der Waals surface area contributed by atoms with Crippen LogP contribution in [-0.2, 0) is 17.3 Å².